The molecule has 1 aliphatic heterocycles. The standard InChI is InChI=1S/C22H23FN4O/c1-15-11-17(12-16-4-6-19(23)7-5-16)13-21(25-15)18-3-2-10-27(14-18)22(28)20-8-9-24-26-20/h4-9,11,13,18H,2-3,10,12,14H2,1H3,(H,24,26)/t18-/m1/s1. The average molecular weight is 378 g/mol. The third-order valence-corrected chi connectivity index (χ3v) is 5.21. The van der Waals surface area contributed by atoms with Crippen molar-refractivity contribution in [1.82, 2.24) is 20.1 Å². The summed E-state index contributed by atoms with van der Waals surface area (Å²) in [5, 5.41) is 6.63. The van der Waals surface area contributed by atoms with Crippen LogP contribution in [0, 0.1) is 12.7 Å². The van der Waals surface area contributed by atoms with Crippen molar-refractivity contribution in [3.8, 4) is 0 Å². The van der Waals surface area contributed by atoms with E-state index in [9.17, 15) is 9.18 Å². The van der Waals surface area contributed by atoms with E-state index in [0.717, 1.165) is 48.3 Å². The number of carbonyl (C=O) groups excluding carboxylic acids is 1. The van der Waals surface area contributed by atoms with Crippen LogP contribution < -0.4 is 0 Å². The van der Waals surface area contributed by atoms with Gasteiger partial charge in [0, 0.05) is 36.6 Å². The molecule has 0 unspecified atom stereocenters. The van der Waals surface area contributed by atoms with E-state index in [1.807, 2.05) is 24.0 Å². The third kappa shape index (κ3) is 4.11. The van der Waals surface area contributed by atoms with E-state index in [-0.39, 0.29) is 17.6 Å². The molecule has 1 atom stereocenters. The molecular formula is C22H23FN4O. The molecule has 3 heterocycles. The lowest BCUT2D eigenvalue weighted by molar-refractivity contribution is 0.0700. The minimum atomic E-state index is -0.223. The van der Waals surface area contributed by atoms with E-state index in [1.54, 1.807) is 12.3 Å². The number of likely N-dealkylation sites (tertiary alicyclic amines) is 1. The van der Waals surface area contributed by atoms with Crippen molar-refractivity contribution in [3.63, 3.8) is 0 Å². The number of nitrogens with one attached hydrogen (secondary N) is 1. The molecule has 1 saturated heterocycles. The molecule has 28 heavy (non-hydrogen) atoms. The lowest BCUT2D eigenvalue weighted by atomic mass is 9.92. The van der Waals surface area contributed by atoms with Gasteiger partial charge in [-0.1, -0.05) is 12.1 Å². The number of halogens is 1. The number of aromatic nitrogens is 3. The van der Waals surface area contributed by atoms with Gasteiger partial charge in [-0.3, -0.25) is 14.9 Å². The van der Waals surface area contributed by atoms with Crippen molar-refractivity contribution in [2.24, 2.45) is 0 Å². The lowest BCUT2D eigenvalue weighted by Gasteiger charge is -2.32. The quantitative estimate of drug-likeness (QED) is 0.750. The fourth-order valence-electron chi connectivity index (χ4n) is 3.87. The molecule has 1 N–H and O–H groups in total. The van der Waals surface area contributed by atoms with Crippen molar-refractivity contribution in [2.45, 2.75) is 32.1 Å². The summed E-state index contributed by atoms with van der Waals surface area (Å²) in [6.07, 6.45) is 4.30. The normalized spacial score (nSPS) is 16.9. The first-order valence-electron chi connectivity index (χ1n) is 9.59. The van der Waals surface area contributed by atoms with Gasteiger partial charge in [-0.2, -0.15) is 5.10 Å². The number of pyridine rings is 1. The Bertz CT molecular complexity index is 953. The molecule has 1 fully saturated rings. The molecule has 6 heteroatoms. The maximum atomic E-state index is 13.2. The number of rotatable bonds is 4. The molecule has 144 valence electrons. The highest BCUT2D eigenvalue weighted by Gasteiger charge is 2.27. The first-order valence-corrected chi connectivity index (χ1v) is 9.59. The summed E-state index contributed by atoms with van der Waals surface area (Å²) < 4.78 is 13.2. The van der Waals surface area contributed by atoms with Crippen LogP contribution in [-0.4, -0.2) is 39.1 Å². The molecule has 0 radical (unpaired) electrons. The smallest absolute Gasteiger partial charge is 0.271 e. The number of nitrogens with zero attached hydrogens (tertiary/aromatic N) is 3. The van der Waals surface area contributed by atoms with Gasteiger partial charge >= 0.3 is 0 Å². The maximum absolute atomic E-state index is 13.2. The highest BCUT2D eigenvalue weighted by atomic mass is 19.1. The van der Waals surface area contributed by atoms with Crippen LogP contribution in [0.15, 0.2) is 48.7 Å². The molecule has 0 saturated carbocycles. The summed E-state index contributed by atoms with van der Waals surface area (Å²) in [4.78, 5) is 19.3. The molecular weight excluding hydrogens is 355 g/mol. The fourth-order valence-corrected chi connectivity index (χ4v) is 3.87. The van der Waals surface area contributed by atoms with Crippen LogP contribution in [0.5, 0.6) is 0 Å². The van der Waals surface area contributed by atoms with Crippen LogP contribution in [0.4, 0.5) is 4.39 Å². The number of hydrogen-bond donors (Lipinski definition) is 1. The SMILES string of the molecule is Cc1cc(Cc2ccc(F)cc2)cc([C@@H]2CCCN(C(=O)c3ccn[nH]3)C2)n1. The molecule has 0 bridgehead atoms. The zero-order valence-electron chi connectivity index (χ0n) is 15.9. The molecule has 1 aliphatic rings. The summed E-state index contributed by atoms with van der Waals surface area (Å²) in [5.41, 5.74) is 4.74. The Labute approximate surface area is 163 Å². The number of benzene rings is 1. The van der Waals surface area contributed by atoms with E-state index >= 15 is 0 Å². The predicted molar refractivity (Wildman–Crippen MR) is 105 cm³/mol. The van der Waals surface area contributed by atoms with Gasteiger partial charge in [0.05, 0.1) is 0 Å². The zero-order chi connectivity index (χ0) is 19.5. The monoisotopic (exact) mass is 378 g/mol. The largest absolute Gasteiger partial charge is 0.337 e. The molecule has 1 aromatic carbocycles. The zero-order valence-corrected chi connectivity index (χ0v) is 15.9. The first kappa shape index (κ1) is 18.3. The molecule has 0 spiro atoms. The molecule has 4 rings (SSSR count). The van der Waals surface area contributed by atoms with Gasteiger partial charge in [0.2, 0.25) is 0 Å². The van der Waals surface area contributed by atoms with Crippen molar-refractivity contribution in [1.29, 1.82) is 0 Å². The second-order valence-corrected chi connectivity index (χ2v) is 7.41. The van der Waals surface area contributed by atoms with Crippen molar-refractivity contribution >= 4 is 5.91 Å². The van der Waals surface area contributed by atoms with Gasteiger partial charge in [-0.05, 0) is 67.6 Å². The van der Waals surface area contributed by atoms with Gasteiger partial charge in [0.25, 0.3) is 5.91 Å². The van der Waals surface area contributed by atoms with Gasteiger partial charge in [-0.25, -0.2) is 4.39 Å². The molecule has 2 aromatic heterocycles. The van der Waals surface area contributed by atoms with Crippen LogP contribution in [-0.2, 0) is 6.42 Å². The Hall–Kier alpha value is -3.02. The van der Waals surface area contributed by atoms with Crippen LogP contribution in [0.25, 0.3) is 0 Å². The van der Waals surface area contributed by atoms with Crippen LogP contribution >= 0.6 is 0 Å². The van der Waals surface area contributed by atoms with Crippen molar-refractivity contribution in [2.75, 3.05) is 13.1 Å². The fraction of sp³-hybridized carbons (Fsp3) is 0.318. The number of piperidine rings is 1. The second kappa shape index (κ2) is 7.92. The number of amides is 1. The van der Waals surface area contributed by atoms with Gasteiger partial charge in [0.1, 0.15) is 11.5 Å². The van der Waals surface area contributed by atoms with E-state index in [1.165, 1.54) is 12.1 Å². The Morgan fingerprint density at radius 3 is 2.79 bits per heavy atom. The van der Waals surface area contributed by atoms with E-state index in [4.69, 9.17) is 4.98 Å². The Balaban J connectivity index is 1.52. The summed E-state index contributed by atoms with van der Waals surface area (Å²) in [6.45, 7) is 3.40. The van der Waals surface area contributed by atoms with Crippen molar-refractivity contribution in [3.05, 3.63) is 82.7 Å². The maximum Gasteiger partial charge on any atom is 0.271 e. The minimum Gasteiger partial charge on any atom is -0.337 e. The molecule has 3 aromatic rings. The topological polar surface area (TPSA) is 61.9 Å². The third-order valence-electron chi connectivity index (χ3n) is 5.21. The van der Waals surface area contributed by atoms with E-state index < -0.39 is 0 Å². The lowest BCUT2D eigenvalue weighted by Crippen LogP contribution is -2.39. The van der Waals surface area contributed by atoms with Crippen LogP contribution in [0.2, 0.25) is 0 Å². The number of H-pyrrole nitrogens is 1. The van der Waals surface area contributed by atoms with E-state index in [0.29, 0.717) is 12.2 Å². The number of hydrogen-bond acceptors (Lipinski definition) is 3. The number of aryl methyl sites for hydroxylation is 1. The Kier molecular flexibility index (Phi) is 5.19. The van der Waals surface area contributed by atoms with Gasteiger partial charge in [0.15, 0.2) is 0 Å². The predicted octanol–water partition coefficient (Wildman–Crippen LogP) is 3.86. The molecule has 5 nitrogen and oxygen atoms in total. The summed E-state index contributed by atoms with van der Waals surface area (Å²) >= 11 is 0. The number of carbonyl (C=O) groups is 1. The highest BCUT2D eigenvalue weighted by Crippen LogP contribution is 2.28. The van der Waals surface area contributed by atoms with Gasteiger partial charge < -0.3 is 4.90 Å². The van der Waals surface area contributed by atoms with E-state index in [2.05, 4.69) is 22.3 Å². The van der Waals surface area contributed by atoms with Crippen molar-refractivity contribution < 1.29 is 9.18 Å². The Morgan fingerprint density at radius 1 is 1.21 bits per heavy atom. The average Bonchev–Trinajstić information content (AvgIpc) is 3.24. The molecule has 1 amide bonds. The van der Waals surface area contributed by atoms with Crippen LogP contribution in [0.3, 0.4) is 0 Å². The Morgan fingerprint density at radius 2 is 2.04 bits per heavy atom. The first-order chi connectivity index (χ1) is 13.6. The summed E-state index contributed by atoms with van der Waals surface area (Å²) in [5.74, 6) is -0.0199. The van der Waals surface area contributed by atoms with Crippen LogP contribution in [0.1, 0.15) is 51.8 Å². The summed E-state index contributed by atoms with van der Waals surface area (Å²) in [6, 6.07) is 12.5. The second-order valence-electron chi connectivity index (χ2n) is 7.41. The molecule has 0 aliphatic carbocycles. The highest BCUT2D eigenvalue weighted by molar-refractivity contribution is 5.92. The summed E-state index contributed by atoms with van der Waals surface area (Å²) in [7, 11) is 0. The minimum absolute atomic E-state index is 0.0126. The number of aromatic amines is 1. The van der Waals surface area contributed by atoms with Gasteiger partial charge in [-0.15, -0.1) is 0 Å².